The Kier molecular flexibility index (Phi) is 3.80. The van der Waals surface area contributed by atoms with Gasteiger partial charge in [-0.25, -0.2) is 0 Å². The molecule has 0 amide bonds. The number of carbonyl (C=O) groups is 1. The van der Waals surface area contributed by atoms with Crippen molar-refractivity contribution in [2.75, 3.05) is 25.3 Å². The smallest absolute Gasteiger partial charge is 0.308 e. The summed E-state index contributed by atoms with van der Waals surface area (Å²) >= 11 is 0. The fourth-order valence-electron chi connectivity index (χ4n) is 2.94. The number of ether oxygens (including phenoxy) is 2. The Balaban J connectivity index is 2.10. The van der Waals surface area contributed by atoms with Crippen LogP contribution in [0.4, 0.5) is 5.69 Å². The standard InChI is InChI=1S/C17H19NO3/c1-12-7-8-13-5-3-4-6-15(13)17(12)18(11-20-2)14-9-16(19)21-10-14/h3-8,14H,9-11H2,1-2H3. The number of cyclic esters (lactones) is 1. The predicted molar refractivity (Wildman–Crippen MR) is 82.4 cm³/mol. The van der Waals surface area contributed by atoms with E-state index in [1.54, 1.807) is 7.11 Å². The number of hydrogen-bond acceptors (Lipinski definition) is 4. The van der Waals surface area contributed by atoms with Crippen LogP contribution in [0.5, 0.6) is 0 Å². The first-order valence-corrected chi connectivity index (χ1v) is 7.10. The molecule has 2 aromatic rings. The molecule has 1 saturated heterocycles. The molecule has 1 unspecified atom stereocenters. The van der Waals surface area contributed by atoms with E-state index in [1.165, 1.54) is 16.3 Å². The predicted octanol–water partition coefficient (Wildman–Crippen LogP) is 2.87. The molecule has 1 fully saturated rings. The summed E-state index contributed by atoms with van der Waals surface area (Å²) in [5.41, 5.74) is 2.29. The molecule has 1 heterocycles. The molecule has 1 atom stereocenters. The molecule has 0 radical (unpaired) electrons. The highest BCUT2D eigenvalue weighted by molar-refractivity contribution is 5.96. The van der Waals surface area contributed by atoms with Gasteiger partial charge in [-0.15, -0.1) is 0 Å². The second-order valence-corrected chi connectivity index (χ2v) is 5.38. The molecule has 1 aliphatic heterocycles. The number of benzene rings is 2. The van der Waals surface area contributed by atoms with Gasteiger partial charge in [-0.05, 0) is 17.9 Å². The SMILES string of the molecule is COCN(c1c(C)ccc2ccccc12)C1COC(=O)C1. The van der Waals surface area contributed by atoms with Gasteiger partial charge in [0.1, 0.15) is 13.3 Å². The Morgan fingerprint density at radius 1 is 1.29 bits per heavy atom. The van der Waals surface area contributed by atoms with Crippen molar-refractivity contribution in [2.24, 2.45) is 0 Å². The van der Waals surface area contributed by atoms with Crippen LogP contribution < -0.4 is 4.90 Å². The van der Waals surface area contributed by atoms with Crippen LogP contribution in [0.2, 0.25) is 0 Å². The van der Waals surface area contributed by atoms with Crippen molar-refractivity contribution in [1.82, 2.24) is 0 Å². The minimum absolute atomic E-state index is 0.0296. The first-order valence-electron chi connectivity index (χ1n) is 7.10. The lowest BCUT2D eigenvalue weighted by Gasteiger charge is -2.31. The van der Waals surface area contributed by atoms with E-state index in [-0.39, 0.29) is 12.0 Å². The van der Waals surface area contributed by atoms with Crippen molar-refractivity contribution >= 4 is 22.4 Å². The van der Waals surface area contributed by atoms with Gasteiger partial charge in [-0.1, -0.05) is 36.4 Å². The van der Waals surface area contributed by atoms with E-state index < -0.39 is 0 Å². The molecule has 0 saturated carbocycles. The van der Waals surface area contributed by atoms with E-state index in [4.69, 9.17) is 9.47 Å². The summed E-state index contributed by atoms with van der Waals surface area (Å²) < 4.78 is 10.5. The molecule has 3 rings (SSSR count). The zero-order valence-electron chi connectivity index (χ0n) is 12.3. The quantitative estimate of drug-likeness (QED) is 0.639. The number of hydrogen-bond donors (Lipinski definition) is 0. The van der Waals surface area contributed by atoms with E-state index in [9.17, 15) is 4.79 Å². The van der Waals surface area contributed by atoms with Crippen molar-refractivity contribution in [3.05, 3.63) is 42.0 Å². The fraction of sp³-hybridized carbons (Fsp3) is 0.353. The maximum Gasteiger partial charge on any atom is 0.308 e. The van der Waals surface area contributed by atoms with E-state index in [0.29, 0.717) is 19.8 Å². The monoisotopic (exact) mass is 285 g/mol. The molecule has 0 bridgehead atoms. The van der Waals surface area contributed by atoms with Crippen LogP contribution in [-0.4, -0.2) is 32.5 Å². The van der Waals surface area contributed by atoms with Crippen LogP contribution in [0.3, 0.4) is 0 Å². The van der Waals surface area contributed by atoms with Gasteiger partial charge < -0.3 is 14.4 Å². The third-order valence-corrected chi connectivity index (χ3v) is 3.94. The largest absolute Gasteiger partial charge is 0.463 e. The number of anilines is 1. The van der Waals surface area contributed by atoms with Gasteiger partial charge in [-0.3, -0.25) is 4.79 Å². The lowest BCUT2D eigenvalue weighted by molar-refractivity contribution is -0.137. The number of nitrogens with zero attached hydrogens (tertiary/aromatic N) is 1. The number of methoxy groups -OCH3 is 1. The van der Waals surface area contributed by atoms with Crippen molar-refractivity contribution in [3.8, 4) is 0 Å². The van der Waals surface area contributed by atoms with Crippen molar-refractivity contribution in [2.45, 2.75) is 19.4 Å². The van der Waals surface area contributed by atoms with Gasteiger partial charge in [0, 0.05) is 18.2 Å². The maximum absolute atomic E-state index is 11.5. The highest BCUT2D eigenvalue weighted by Crippen LogP contribution is 2.33. The summed E-state index contributed by atoms with van der Waals surface area (Å²) in [5.74, 6) is -0.140. The molecule has 0 spiro atoms. The summed E-state index contributed by atoms with van der Waals surface area (Å²) in [4.78, 5) is 13.6. The molecular formula is C17H19NO3. The van der Waals surface area contributed by atoms with E-state index >= 15 is 0 Å². The van der Waals surface area contributed by atoms with Crippen LogP contribution in [-0.2, 0) is 14.3 Å². The van der Waals surface area contributed by atoms with Gasteiger partial charge in [0.25, 0.3) is 0 Å². The topological polar surface area (TPSA) is 38.8 Å². The van der Waals surface area contributed by atoms with Crippen LogP contribution in [0.15, 0.2) is 36.4 Å². The molecular weight excluding hydrogens is 266 g/mol. The molecule has 0 aromatic heterocycles. The Labute approximate surface area is 124 Å². The lowest BCUT2D eigenvalue weighted by Crippen LogP contribution is -2.38. The number of aryl methyl sites for hydroxylation is 1. The summed E-state index contributed by atoms with van der Waals surface area (Å²) in [7, 11) is 1.67. The van der Waals surface area contributed by atoms with Gasteiger partial charge >= 0.3 is 5.97 Å². The first-order chi connectivity index (χ1) is 10.2. The first kappa shape index (κ1) is 13.9. The Morgan fingerprint density at radius 3 is 2.81 bits per heavy atom. The summed E-state index contributed by atoms with van der Waals surface area (Å²) in [6.07, 6.45) is 0.409. The molecule has 110 valence electrons. The van der Waals surface area contributed by atoms with Crippen LogP contribution in [0.25, 0.3) is 10.8 Å². The molecule has 4 nitrogen and oxygen atoms in total. The van der Waals surface area contributed by atoms with Crippen molar-refractivity contribution in [3.63, 3.8) is 0 Å². The molecule has 21 heavy (non-hydrogen) atoms. The van der Waals surface area contributed by atoms with E-state index in [2.05, 4.69) is 36.1 Å². The van der Waals surface area contributed by atoms with Crippen LogP contribution in [0.1, 0.15) is 12.0 Å². The van der Waals surface area contributed by atoms with Crippen molar-refractivity contribution < 1.29 is 14.3 Å². The lowest BCUT2D eigenvalue weighted by atomic mass is 10.0. The summed E-state index contributed by atoms with van der Waals surface area (Å²) in [6, 6.07) is 12.5. The average molecular weight is 285 g/mol. The van der Waals surface area contributed by atoms with Crippen molar-refractivity contribution in [1.29, 1.82) is 0 Å². The highest BCUT2D eigenvalue weighted by Gasteiger charge is 2.31. The molecule has 2 aromatic carbocycles. The Morgan fingerprint density at radius 2 is 2.10 bits per heavy atom. The number of carbonyl (C=O) groups excluding carboxylic acids is 1. The molecule has 0 aliphatic carbocycles. The molecule has 1 aliphatic rings. The fourth-order valence-corrected chi connectivity index (χ4v) is 2.94. The summed E-state index contributed by atoms with van der Waals surface area (Å²) in [6.45, 7) is 2.95. The summed E-state index contributed by atoms with van der Waals surface area (Å²) in [5, 5.41) is 2.36. The minimum atomic E-state index is -0.140. The average Bonchev–Trinajstić information content (AvgIpc) is 2.92. The molecule has 4 heteroatoms. The number of esters is 1. The van der Waals surface area contributed by atoms with E-state index in [1.807, 2.05) is 12.1 Å². The Hall–Kier alpha value is -2.07. The van der Waals surface area contributed by atoms with Crippen LogP contribution in [0, 0.1) is 6.92 Å². The highest BCUT2D eigenvalue weighted by atomic mass is 16.5. The number of fused-ring (bicyclic) bond motifs is 1. The zero-order chi connectivity index (χ0) is 14.8. The second kappa shape index (κ2) is 5.74. The maximum atomic E-state index is 11.5. The van der Waals surface area contributed by atoms with Gasteiger partial charge in [0.2, 0.25) is 0 Å². The second-order valence-electron chi connectivity index (χ2n) is 5.38. The Bertz CT molecular complexity index is 668. The molecule has 0 N–H and O–H groups in total. The third-order valence-electron chi connectivity index (χ3n) is 3.94. The normalized spacial score (nSPS) is 18.0. The zero-order valence-corrected chi connectivity index (χ0v) is 12.3. The van der Waals surface area contributed by atoms with Gasteiger partial charge in [-0.2, -0.15) is 0 Å². The minimum Gasteiger partial charge on any atom is -0.463 e. The number of rotatable bonds is 4. The third kappa shape index (κ3) is 2.59. The van der Waals surface area contributed by atoms with Gasteiger partial charge in [0.05, 0.1) is 12.5 Å². The van der Waals surface area contributed by atoms with E-state index in [0.717, 1.165) is 5.69 Å². The van der Waals surface area contributed by atoms with Gasteiger partial charge in [0.15, 0.2) is 0 Å². The van der Waals surface area contributed by atoms with Crippen LogP contribution >= 0.6 is 0 Å².